The highest BCUT2D eigenvalue weighted by Gasteiger charge is 2.31. The van der Waals surface area contributed by atoms with E-state index in [0.29, 0.717) is 23.1 Å². The van der Waals surface area contributed by atoms with Crippen LogP contribution in [-0.2, 0) is 12.8 Å². The molecule has 0 bridgehead atoms. The lowest BCUT2D eigenvalue weighted by atomic mass is 9.72. The van der Waals surface area contributed by atoms with Crippen molar-refractivity contribution >= 4 is 21.6 Å². The number of hydrogen-bond donors (Lipinski definition) is 1. The van der Waals surface area contributed by atoms with Crippen LogP contribution in [0.15, 0.2) is 29.1 Å². The van der Waals surface area contributed by atoms with E-state index in [9.17, 15) is 4.79 Å². The molecule has 2 heterocycles. The minimum absolute atomic E-state index is 0.00893. The number of rotatable bonds is 2. The van der Waals surface area contributed by atoms with Crippen LogP contribution in [0.2, 0.25) is 0 Å². The normalized spacial score (nSPS) is 17.5. The lowest BCUT2D eigenvalue weighted by molar-refractivity contribution is 0.218. The van der Waals surface area contributed by atoms with Crippen LogP contribution in [-0.4, -0.2) is 9.97 Å². The number of aromatic amines is 1. The van der Waals surface area contributed by atoms with Crippen molar-refractivity contribution in [3.63, 3.8) is 0 Å². The molecule has 4 rings (SSSR count). The zero-order valence-electron chi connectivity index (χ0n) is 16.8. The van der Waals surface area contributed by atoms with Gasteiger partial charge in [-0.3, -0.25) is 4.79 Å². The van der Waals surface area contributed by atoms with Crippen LogP contribution in [0.5, 0.6) is 0 Å². The molecule has 27 heavy (non-hydrogen) atoms. The van der Waals surface area contributed by atoms with E-state index < -0.39 is 0 Å². The van der Waals surface area contributed by atoms with E-state index in [0.717, 1.165) is 35.0 Å². The third-order valence-corrected chi connectivity index (χ3v) is 7.14. The highest BCUT2D eigenvalue weighted by Crippen LogP contribution is 2.42. The van der Waals surface area contributed by atoms with Crippen LogP contribution in [0.25, 0.3) is 21.6 Å². The van der Waals surface area contributed by atoms with E-state index in [1.165, 1.54) is 16.0 Å². The third kappa shape index (κ3) is 3.36. The van der Waals surface area contributed by atoms with Crippen LogP contribution >= 0.6 is 11.3 Å². The molecule has 3 nitrogen and oxygen atoms in total. The van der Waals surface area contributed by atoms with Crippen molar-refractivity contribution in [3.8, 4) is 11.4 Å². The van der Waals surface area contributed by atoms with E-state index in [1.54, 1.807) is 11.3 Å². The van der Waals surface area contributed by atoms with Crippen molar-refractivity contribution in [2.24, 2.45) is 11.3 Å². The molecule has 2 aromatic heterocycles. The summed E-state index contributed by atoms with van der Waals surface area (Å²) in [6.07, 6.45) is 3.21. The first kappa shape index (κ1) is 18.4. The van der Waals surface area contributed by atoms with Gasteiger partial charge in [0.25, 0.3) is 5.56 Å². The molecule has 1 atom stereocenters. The zero-order chi connectivity index (χ0) is 19.3. The first-order valence-corrected chi connectivity index (χ1v) is 10.7. The summed E-state index contributed by atoms with van der Waals surface area (Å²) in [5, 5.41) is 0.824. The number of nitrogens with one attached hydrogen (secondary N) is 1. The number of benzene rings is 1. The SMILES string of the molecule is CC(C)c1ccc(-c2nc3sc4c(c3c(=O)[nH]2)CCC(C(C)(C)C)C4)cc1. The number of aryl methyl sites for hydroxylation is 1. The Hall–Kier alpha value is -1.94. The minimum atomic E-state index is 0.00893. The van der Waals surface area contributed by atoms with Crippen molar-refractivity contribution in [2.75, 3.05) is 0 Å². The fraction of sp³-hybridized carbons (Fsp3) is 0.478. The Bertz CT molecular complexity index is 1040. The highest BCUT2D eigenvalue weighted by atomic mass is 32.1. The summed E-state index contributed by atoms with van der Waals surface area (Å²) in [5.74, 6) is 1.84. The molecule has 3 aromatic rings. The molecule has 1 aromatic carbocycles. The molecule has 4 heteroatoms. The molecule has 0 amide bonds. The Morgan fingerprint density at radius 2 is 1.89 bits per heavy atom. The molecular formula is C23H28N2OS. The van der Waals surface area contributed by atoms with Gasteiger partial charge < -0.3 is 4.98 Å². The topological polar surface area (TPSA) is 45.8 Å². The Morgan fingerprint density at radius 1 is 1.19 bits per heavy atom. The number of aromatic nitrogens is 2. The van der Waals surface area contributed by atoms with Crippen molar-refractivity contribution in [1.29, 1.82) is 0 Å². The maximum Gasteiger partial charge on any atom is 0.260 e. The molecule has 1 aliphatic rings. The van der Waals surface area contributed by atoms with Gasteiger partial charge in [-0.05, 0) is 47.6 Å². The van der Waals surface area contributed by atoms with Crippen LogP contribution in [0.3, 0.4) is 0 Å². The molecule has 1 aliphatic carbocycles. The second-order valence-electron chi connectivity index (χ2n) is 9.18. The molecular weight excluding hydrogens is 352 g/mol. The molecule has 0 fully saturated rings. The van der Waals surface area contributed by atoms with Gasteiger partial charge in [-0.1, -0.05) is 58.9 Å². The van der Waals surface area contributed by atoms with Crippen LogP contribution in [0.1, 0.15) is 63.0 Å². The van der Waals surface area contributed by atoms with E-state index in [2.05, 4.69) is 63.9 Å². The smallest absolute Gasteiger partial charge is 0.260 e. The maximum atomic E-state index is 12.9. The van der Waals surface area contributed by atoms with Crippen LogP contribution in [0, 0.1) is 11.3 Å². The van der Waals surface area contributed by atoms with Crippen molar-refractivity contribution < 1.29 is 0 Å². The Morgan fingerprint density at radius 3 is 2.52 bits per heavy atom. The average molecular weight is 381 g/mol. The molecule has 0 spiro atoms. The molecule has 0 saturated heterocycles. The van der Waals surface area contributed by atoms with Gasteiger partial charge in [0.2, 0.25) is 0 Å². The molecule has 0 radical (unpaired) electrons. The first-order valence-electron chi connectivity index (χ1n) is 9.89. The molecule has 0 aliphatic heterocycles. The molecule has 0 saturated carbocycles. The lowest BCUT2D eigenvalue weighted by Crippen LogP contribution is -2.26. The van der Waals surface area contributed by atoms with E-state index in [4.69, 9.17) is 4.98 Å². The summed E-state index contributed by atoms with van der Waals surface area (Å²) in [5.41, 5.74) is 3.82. The van der Waals surface area contributed by atoms with Gasteiger partial charge in [-0.25, -0.2) is 4.98 Å². The second-order valence-corrected chi connectivity index (χ2v) is 10.3. The Kier molecular flexibility index (Phi) is 4.50. The standard InChI is InChI=1S/C23H28N2OS/c1-13(2)14-6-8-15(9-7-14)20-24-21(26)19-17-11-10-16(23(3,4)5)12-18(17)27-22(19)25-20/h6-9,13,16H,10-12H2,1-5H3,(H,24,25,26). The van der Waals surface area contributed by atoms with Crippen LogP contribution in [0.4, 0.5) is 0 Å². The average Bonchev–Trinajstić information content (AvgIpc) is 2.99. The van der Waals surface area contributed by atoms with Gasteiger partial charge in [-0.2, -0.15) is 0 Å². The number of hydrogen-bond acceptors (Lipinski definition) is 3. The summed E-state index contributed by atoms with van der Waals surface area (Å²) in [6, 6.07) is 8.36. The molecule has 142 valence electrons. The van der Waals surface area contributed by atoms with Gasteiger partial charge >= 0.3 is 0 Å². The summed E-state index contributed by atoms with van der Waals surface area (Å²) in [6.45, 7) is 11.3. The van der Waals surface area contributed by atoms with Crippen molar-refractivity contribution in [3.05, 3.63) is 50.6 Å². The number of nitrogens with zero attached hydrogens (tertiary/aromatic N) is 1. The lowest BCUT2D eigenvalue weighted by Gasteiger charge is -2.33. The monoisotopic (exact) mass is 380 g/mol. The Labute approximate surface area is 164 Å². The summed E-state index contributed by atoms with van der Waals surface area (Å²) < 4.78 is 0. The number of fused-ring (bicyclic) bond motifs is 3. The predicted molar refractivity (Wildman–Crippen MR) is 115 cm³/mol. The maximum absolute atomic E-state index is 12.9. The summed E-state index contributed by atoms with van der Waals surface area (Å²) >= 11 is 1.72. The predicted octanol–water partition coefficient (Wildman–Crippen LogP) is 5.93. The fourth-order valence-corrected chi connectivity index (χ4v) is 5.39. The Balaban J connectivity index is 1.76. The van der Waals surface area contributed by atoms with Gasteiger partial charge in [0.1, 0.15) is 10.7 Å². The first-order chi connectivity index (χ1) is 12.7. The number of H-pyrrole nitrogens is 1. The largest absolute Gasteiger partial charge is 0.306 e. The van der Waals surface area contributed by atoms with E-state index in [1.807, 2.05) is 0 Å². The summed E-state index contributed by atoms with van der Waals surface area (Å²) in [7, 11) is 0. The quantitative estimate of drug-likeness (QED) is 0.599. The molecule has 1 N–H and O–H groups in total. The van der Waals surface area contributed by atoms with Gasteiger partial charge in [0.15, 0.2) is 0 Å². The molecule has 1 unspecified atom stereocenters. The van der Waals surface area contributed by atoms with E-state index in [-0.39, 0.29) is 5.56 Å². The van der Waals surface area contributed by atoms with Gasteiger partial charge in [0.05, 0.1) is 5.39 Å². The number of thiophene rings is 1. The second kappa shape index (κ2) is 6.59. The van der Waals surface area contributed by atoms with Crippen molar-refractivity contribution in [1.82, 2.24) is 9.97 Å². The summed E-state index contributed by atoms with van der Waals surface area (Å²) in [4.78, 5) is 23.0. The van der Waals surface area contributed by atoms with E-state index >= 15 is 0 Å². The van der Waals surface area contributed by atoms with Gasteiger partial charge in [-0.15, -0.1) is 11.3 Å². The zero-order valence-corrected chi connectivity index (χ0v) is 17.7. The third-order valence-electron chi connectivity index (χ3n) is 5.99. The minimum Gasteiger partial charge on any atom is -0.306 e. The fourth-order valence-electron chi connectivity index (χ4n) is 4.09. The van der Waals surface area contributed by atoms with Crippen molar-refractivity contribution in [2.45, 2.75) is 59.8 Å². The highest BCUT2D eigenvalue weighted by molar-refractivity contribution is 7.18. The van der Waals surface area contributed by atoms with Crippen LogP contribution < -0.4 is 5.56 Å². The van der Waals surface area contributed by atoms with Gasteiger partial charge in [0, 0.05) is 10.4 Å².